The van der Waals surface area contributed by atoms with Crippen molar-refractivity contribution in [2.24, 2.45) is 5.92 Å². The average Bonchev–Trinajstić information content (AvgIpc) is 3.16. The van der Waals surface area contributed by atoms with Crippen LogP contribution in [-0.4, -0.2) is 30.6 Å². The number of rotatable bonds is 3. The zero-order valence-corrected chi connectivity index (χ0v) is 13.0. The highest BCUT2D eigenvalue weighted by atomic mass is 16.4. The standard InChI is InChI=1S/C17H18N4O3/c22-14(23)5-4-10-2-1-3-11(8-10)21-15-12-6-7-18-16(12)19-9-13(15)20-17(21)24/h4-7,9-11H,1-3,8H2,(H,18,19)(H,20,24)(H,22,23)/t10-,11-/m1/s1. The van der Waals surface area contributed by atoms with Gasteiger partial charge in [0, 0.05) is 23.7 Å². The van der Waals surface area contributed by atoms with Crippen molar-refractivity contribution in [3.05, 3.63) is 41.1 Å². The summed E-state index contributed by atoms with van der Waals surface area (Å²) in [4.78, 5) is 33.6. The van der Waals surface area contributed by atoms with E-state index in [9.17, 15) is 9.59 Å². The third-order valence-corrected chi connectivity index (χ3v) is 4.82. The van der Waals surface area contributed by atoms with Gasteiger partial charge in [-0.05, 0) is 31.2 Å². The highest BCUT2D eigenvalue weighted by Gasteiger charge is 2.25. The largest absolute Gasteiger partial charge is 0.478 e. The first kappa shape index (κ1) is 14.7. The van der Waals surface area contributed by atoms with E-state index in [0.717, 1.165) is 47.8 Å². The van der Waals surface area contributed by atoms with Gasteiger partial charge < -0.3 is 15.1 Å². The molecule has 0 spiro atoms. The maximum absolute atomic E-state index is 12.5. The molecule has 7 nitrogen and oxygen atoms in total. The molecule has 3 heterocycles. The van der Waals surface area contributed by atoms with Gasteiger partial charge in [-0.2, -0.15) is 0 Å². The van der Waals surface area contributed by atoms with Crippen molar-refractivity contribution in [3.63, 3.8) is 0 Å². The predicted molar refractivity (Wildman–Crippen MR) is 90.0 cm³/mol. The third kappa shape index (κ3) is 2.42. The SMILES string of the molecule is O=C(O)C=C[C@H]1CCC[C@@H](n2c(=O)[nH]c3cnc4[nH]ccc4c32)C1. The van der Waals surface area contributed by atoms with E-state index in [-0.39, 0.29) is 17.6 Å². The maximum atomic E-state index is 12.5. The molecule has 3 aromatic heterocycles. The molecule has 2 atom stereocenters. The van der Waals surface area contributed by atoms with E-state index >= 15 is 0 Å². The van der Waals surface area contributed by atoms with Crippen molar-refractivity contribution in [2.75, 3.05) is 0 Å². The molecule has 0 radical (unpaired) electrons. The second kappa shape index (κ2) is 5.67. The van der Waals surface area contributed by atoms with E-state index in [4.69, 9.17) is 5.11 Å². The Labute approximate surface area is 137 Å². The fraction of sp³-hybridized carbons (Fsp3) is 0.353. The van der Waals surface area contributed by atoms with Gasteiger partial charge in [0.2, 0.25) is 0 Å². The first-order valence-electron chi connectivity index (χ1n) is 8.11. The van der Waals surface area contributed by atoms with Crippen molar-refractivity contribution in [1.29, 1.82) is 0 Å². The highest BCUT2D eigenvalue weighted by Crippen LogP contribution is 2.35. The Kier molecular flexibility index (Phi) is 3.48. The van der Waals surface area contributed by atoms with E-state index in [2.05, 4.69) is 15.0 Å². The van der Waals surface area contributed by atoms with Crippen LogP contribution in [0.15, 0.2) is 35.4 Å². The van der Waals surface area contributed by atoms with Crippen LogP contribution in [0.1, 0.15) is 31.7 Å². The summed E-state index contributed by atoms with van der Waals surface area (Å²) in [7, 11) is 0. The molecule has 124 valence electrons. The van der Waals surface area contributed by atoms with E-state index in [1.807, 2.05) is 16.8 Å². The Balaban J connectivity index is 1.78. The van der Waals surface area contributed by atoms with E-state index < -0.39 is 5.97 Å². The highest BCUT2D eigenvalue weighted by molar-refractivity contribution is 6.00. The van der Waals surface area contributed by atoms with Crippen LogP contribution in [0.2, 0.25) is 0 Å². The smallest absolute Gasteiger partial charge is 0.327 e. The average molecular weight is 326 g/mol. The number of carbonyl (C=O) groups is 1. The molecule has 7 heteroatoms. The van der Waals surface area contributed by atoms with Crippen molar-refractivity contribution < 1.29 is 9.90 Å². The van der Waals surface area contributed by atoms with Gasteiger partial charge in [0.05, 0.1) is 17.2 Å². The number of H-pyrrole nitrogens is 2. The molecule has 0 aliphatic heterocycles. The number of nitrogens with zero attached hydrogens (tertiary/aromatic N) is 2. The molecule has 0 aromatic carbocycles. The molecular formula is C17H18N4O3. The predicted octanol–water partition coefficient (Wildman–Crippen LogP) is 2.58. The minimum absolute atomic E-state index is 0.0592. The number of hydrogen-bond donors (Lipinski definition) is 3. The molecule has 3 aromatic rings. The van der Waals surface area contributed by atoms with Crippen LogP contribution in [0.5, 0.6) is 0 Å². The van der Waals surface area contributed by atoms with E-state index in [1.54, 1.807) is 12.3 Å². The van der Waals surface area contributed by atoms with Crippen LogP contribution in [0.25, 0.3) is 22.1 Å². The minimum Gasteiger partial charge on any atom is -0.478 e. The zero-order valence-electron chi connectivity index (χ0n) is 13.0. The second-order valence-corrected chi connectivity index (χ2v) is 6.34. The topological polar surface area (TPSA) is 104 Å². The summed E-state index contributed by atoms with van der Waals surface area (Å²) in [5, 5.41) is 9.74. The second-order valence-electron chi connectivity index (χ2n) is 6.34. The summed E-state index contributed by atoms with van der Waals surface area (Å²) in [5.74, 6) is -0.748. The fourth-order valence-electron chi connectivity index (χ4n) is 3.80. The van der Waals surface area contributed by atoms with Gasteiger partial charge >= 0.3 is 11.7 Å². The summed E-state index contributed by atoms with van der Waals surface area (Å²) in [5.41, 5.74) is 2.23. The van der Waals surface area contributed by atoms with Gasteiger partial charge in [0.1, 0.15) is 5.65 Å². The van der Waals surface area contributed by atoms with Gasteiger partial charge in [-0.3, -0.25) is 4.57 Å². The van der Waals surface area contributed by atoms with Crippen LogP contribution < -0.4 is 5.69 Å². The van der Waals surface area contributed by atoms with E-state index in [1.165, 1.54) is 6.08 Å². The fourth-order valence-corrected chi connectivity index (χ4v) is 3.80. The molecule has 0 amide bonds. The summed E-state index contributed by atoms with van der Waals surface area (Å²) in [6, 6.07) is 1.99. The van der Waals surface area contributed by atoms with Crippen LogP contribution in [0, 0.1) is 5.92 Å². The van der Waals surface area contributed by atoms with Crippen molar-refractivity contribution in [3.8, 4) is 0 Å². The van der Waals surface area contributed by atoms with Gasteiger partial charge in [0.25, 0.3) is 0 Å². The third-order valence-electron chi connectivity index (χ3n) is 4.82. The van der Waals surface area contributed by atoms with E-state index in [0.29, 0.717) is 0 Å². The minimum atomic E-state index is -0.929. The molecule has 1 saturated carbocycles. The Bertz CT molecular complexity index is 994. The summed E-state index contributed by atoms with van der Waals surface area (Å²) in [6.45, 7) is 0. The number of allylic oxidation sites excluding steroid dienone is 1. The molecule has 24 heavy (non-hydrogen) atoms. The molecule has 3 N–H and O–H groups in total. The Morgan fingerprint density at radius 3 is 3.12 bits per heavy atom. The molecule has 4 rings (SSSR count). The monoisotopic (exact) mass is 326 g/mol. The lowest BCUT2D eigenvalue weighted by atomic mass is 9.85. The van der Waals surface area contributed by atoms with Crippen LogP contribution in [0.3, 0.4) is 0 Å². The molecular weight excluding hydrogens is 308 g/mol. The molecule has 1 aliphatic carbocycles. The quantitative estimate of drug-likeness (QED) is 0.643. The molecule has 0 unspecified atom stereocenters. The normalized spacial score (nSPS) is 21.8. The van der Waals surface area contributed by atoms with Crippen LogP contribution in [0.4, 0.5) is 0 Å². The summed E-state index contributed by atoms with van der Waals surface area (Å²) in [6.07, 6.45) is 10.1. The van der Waals surface area contributed by atoms with Gasteiger partial charge in [-0.25, -0.2) is 14.6 Å². The number of hydrogen-bond acceptors (Lipinski definition) is 3. The number of nitrogens with one attached hydrogen (secondary N) is 2. The molecule has 1 fully saturated rings. The maximum Gasteiger partial charge on any atom is 0.327 e. The molecule has 1 aliphatic rings. The number of aliphatic carboxylic acids is 1. The van der Waals surface area contributed by atoms with Crippen molar-refractivity contribution >= 4 is 28.0 Å². The van der Waals surface area contributed by atoms with Crippen LogP contribution in [-0.2, 0) is 4.79 Å². The van der Waals surface area contributed by atoms with Gasteiger partial charge in [0.15, 0.2) is 0 Å². The Morgan fingerprint density at radius 1 is 1.42 bits per heavy atom. The van der Waals surface area contributed by atoms with Crippen LogP contribution >= 0.6 is 0 Å². The number of fused-ring (bicyclic) bond motifs is 3. The Morgan fingerprint density at radius 2 is 2.29 bits per heavy atom. The van der Waals surface area contributed by atoms with Crippen molar-refractivity contribution in [1.82, 2.24) is 19.5 Å². The lowest BCUT2D eigenvalue weighted by molar-refractivity contribution is -0.131. The van der Waals surface area contributed by atoms with Crippen molar-refractivity contribution in [2.45, 2.75) is 31.7 Å². The molecule has 0 bridgehead atoms. The number of pyridine rings is 1. The number of aromatic amines is 2. The molecule has 0 saturated heterocycles. The lowest BCUT2D eigenvalue weighted by Crippen LogP contribution is -2.26. The Hall–Kier alpha value is -2.83. The number of aromatic nitrogens is 4. The lowest BCUT2D eigenvalue weighted by Gasteiger charge is -2.28. The number of carboxylic acid groups (broad SMARTS) is 1. The first-order valence-corrected chi connectivity index (χ1v) is 8.11. The first-order chi connectivity index (χ1) is 11.6. The van der Waals surface area contributed by atoms with Gasteiger partial charge in [-0.15, -0.1) is 0 Å². The zero-order chi connectivity index (χ0) is 16.7. The number of imidazole rings is 1. The number of carboxylic acids is 1. The summed E-state index contributed by atoms with van der Waals surface area (Å²) < 4.78 is 1.83. The van der Waals surface area contributed by atoms with Gasteiger partial charge in [-0.1, -0.05) is 12.5 Å². The summed E-state index contributed by atoms with van der Waals surface area (Å²) >= 11 is 0.